The summed E-state index contributed by atoms with van der Waals surface area (Å²) in [6.07, 6.45) is 2.29. The highest BCUT2D eigenvalue weighted by Gasteiger charge is 2.45. The van der Waals surface area contributed by atoms with Gasteiger partial charge in [0.15, 0.2) is 0 Å². The van der Waals surface area contributed by atoms with E-state index in [1.54, 1.807) is 0 Å². The van der Waals surface area contributed by atoms with Gasteiger partial charge in [0.1, 0.15) is 11.3 Å². The van der Waals surface area contributed by atoms with Crippen LogP contribution in [0.25, 0.3) is 0 Å². The summed E-state index contributed by atoms with van der Waals surface area (Å²) in [5.74, 6) is 2.03. The fourth-order valence-corrected chi connectivity index (χ4v) is 3.19. The molecule has 1 fully saturated rings. The zero-order valence-electron chi connectivity index (χ0n) is 11.1. The highest BCUT2D eigenvalue weighted by atomic mass is 32.2. The third-order valence-electron chi connectivity index (χ3n) is 3.40. The summed E-state index contributed by atoms with van der Waals surface area (Å²) in [5.41, 5.74) is 0.505. The molecule has 0 aromatic carbocycles. The maximum atomic E-state index is 9.48. The smallest absolute Gasteiger partial charge is 0.256 e. The standard InChI is InChI=1S/C13H19N3OS/c1-4-15-13(7-14,11-5-6-11)8-18-12-16-9(2)10(3)17-12/h11,15H,4-6,8H2,1-3H3. The number of nitrogens with zero attached hydrogens (tertiary/aromatic N) is 2. The molecular weight excluding hydrogens is 246 g/mol. The summed E-state index contributed by atoms with van der Waals surface area (Å²) in [6, 6.07) is 2.47. The first kappa shape index (κ1) is 13.4. The van der Waals surface area contributed by atoms with E-state index in [1.165, 1.54) is 11.8 Å². The Morgan fingerprint density at radius 1 is 1.56 bits per heavy atom. The van der Waals surface area contributed by atoms with E-state index in [-0.39, 0.29) is 0 Å². The minimum absolute atomic E-state index is 0.421. The summed E-state index contributed by atoms with van der Waals surface area (Å²) in [5, 5.41) is 13.5. The maximum absolute atomic E-state index is 9.48. The molecular formula is C13H19N3OS. The monoisotopic (exact) mass is 265 g/mol. The second kappa shape index (κ2) is 5.33. The van der Waals surface area contributed by atoms with Gasteiger partial charge < -0.3 is 4.42 Å². The summed E-state index contributed by atoms with van der Waals surface area (Å²) in [6.45, 7) is 6.70. The van der Waals surface area contributed by atoms with Crippen LogP contribution in [0.2, 0.25) is 0 Å². The Kier molecular flexibility index (Phi) is 3.98. The number of nitriles is 1. The summed E-state index contributed by atoms with van der Waals surface area (Å²) in [7, 11) is 0. The van der Waals surface area contributed by atoms with Crippen molar-refractivity contribution in [3.63, 3.8) is 0 Å². The van der Waals surface area contributed by atoms with Gasteiger partial charge in [-0.05, 0) is 39.2 Å². The van der Waals surface area contributed by atoms with Crippen molar-refractivity contribution in [1.29, 1.82) is 5.26 Å². The van der Waals surface area contributed by atoms with Crippen LogP contribution in [0.5, 0.6) is 0 Å². The molecule has 1 heterocycles. The molecule has 1 aromatic rings. The van der Waals surface area contributed by atoms with Gasteiger partial charge in [-0.2, -0.15) is 5.26 Å². The second-order valence-electron chi connectivity index (χ2n) is 4.80. The zero-order chi connectivity index (χ0) is 13.2. The first-order chi connectivity index (χ1) is 8.61. The van der Waals surface area contributed by atoms with Crippen LogP contribution < -0.4 is 5.32 Å². The molecule has 0 bridgehead atoms. The lowest BCUT2D eigenvalue weighted by Gasteiger charge is -2.26. The number of hydrogen-bond acceptors (Lipinski definition) is 5. The first-order valence-corrected chi connectivity index (χ1v) is 7.33. The molecule has 0 spiro atoms. The van der Waals surface area contributed by atoms with Crippen molar-refractivity contribution in [2.24, 2.45) is 5.92 Å². The molecule has 1 aliphatic rings. The zero-order valence-corrected chi connectivity index (χ0v) is 11.9. The predicted molar refractivity (Wildman–Crippen MR) is 71.4 cm³/mol. The molecule has 2 rings (SSSR count). The molecule has 1 saturated carbocycles. The Hall–Kier alpha value is -0.990. The van der Waals surface area contributed by atoms with E-state index in [9.17, 15) is 5.26 Å². The molecule has 1 aromatic heterocycles. The van der Waals surface area contributed by atoms with Gasteiger partial charge >= 0.3 is 0 Å². The quantitative estimate of drug-likeness (QED) is 0.801. The summed E-state index contributed by atoms with van der Waals surface area (Å²) in [4.78, 5) is 4.35. The third kappa shape index (κ3) is 2.70. The minimum atomic E-state index is -0.421. The van der Waals surface area contributed by atoms with Crippen LogP contribution in [0.4, 0.5) is 0 Å². The molecule has 0 amide bonds. The number of rotatable bonds is 6. The fraction of sp³-hybridized carbons (Fsp3) is 0.692. The van der Waals surface area contributed by atoms with E-state index in [2.05, 4.69) is 16.4 Å². The summed E-state index contributed by atoms with van der Waals surface area (Å²) < 4.78 is 5.55. The normalized spacial score (nSPS) is 18.3. The molecule has 4 nitrogen and oxygen atoms in total. The van der Waals surface area contributed by atoms with Crippen LogP contribution in [0.1, 0.15) is 31.2 Å². The topological polar surface area (TPSA) is 61.9 Å². The van der Waals surface area contributed by atoms with E-state index in [4.69, 9.17) is 4.42 Å². The fourth-order valence-electron chi connectivity index (χ4n) is 2.05. The van der Waals surface area contributed by atoms with Crippen LogP contribution in [-0.2, 0) is 0 Å². The molecule has 18 heavy (non-hydrogen) atoms. The number of aromatic nitrogens is 1. The largest absolute Gasteiger partial charge is 0.437 e. The molecule has 1 N–H and O–H groups in total. The van der Waals surface area contributed by atoms with Crippen LogP contribution in [0, 0.1) is 31.1 Å². The van der Waals surface area contributed by atoms with Crippen molar-refractivity contribution in [1.82, 2.24) is 10.3 Å². The van der Waals surface area contributed by atoms with Crippen molar-refractivity contribution in [3.05, 3.63) is 11.5 Å². The van der Waals surface area contributed by atoms with Crippen LogP contribution in [-0.4, -0.2) is 22.8 Å². The Morgan fingerprint density at radius 2 is 2.28 bits per heavy atom. The lowest BCUT2D eigenvalue weighted by molar-refractivity contribution is 0.407. The van der Waals surface area contributed by atoms with E-state index >= 15 is 0 Å². The van der Waals surface area contributed by atoms with Gasteiger partial charge in [0.05, 0.1) is 11.8 Å². The summed E-state index contributed by atoms with van der Waals surface area (Å²) >= 11 is 1.53. The van der Waals surface area contributed by atoms with Crippen LogP contribution >= 0.6 is 11.8 Å². The number of oxazole rings is 1. The second-order valence-corrected chi connectivity index (χ2v) is 5.72. The number of hydrogen-bond donors (Lipinski definition) is 1. The molecule has 0 saturated heterocycles. The van der Waals surface area contributed by atoms with Gasteiger partial charge in [-0.15, -0.1) is 0 Å². The Labute approximate surface area is 112 Å². The predicted octanol–water partition coefficient (Wildman–Crippen LogP) is 2.67. The minimum Gasteiger partial charge on any atom is -0.437 e. The van der Waals surface area contributed by atoms with Crippen molar-refractivity contribution < 1.29 is 4.42 Å². The Balaban J connectivity index is 2.03. The Morgan fingerprint density at radius 3 is 2.72 bits per heavy atom. The van der Waals surface area contributed by atoms with Gasteiger partial charge in [0, 0.05) is 5.75 Å². The molecule has 98 valence electrons. The van der Waals surface area contributed by atoms with Gasteiger partial charge in [-0.25, -0.2) is 4.98 Å². The van der Waals surface area contributed by atoms with Gasteiger partial charge in [0.2, 0.25) is 0 Å². The van der Waals surface area contributed by atoms with Gasteiger partial charge in [-0.3, -0.25) is 5.32 Å². The van der Waals surface area contributed by atoms with Crippen molar-refractivity contribution in [3.8, 4) is 6.07 Å². The highest BCUT2D eigenvalue weighted by Crippen LogP contribution is 2.42. The number of thioether (sulfide) groups is 1. The highest BCUT2D eigenvalue weighted by molar-refractivity contribution is 7.99. The Bertz CT molecular complexity index is 442. The lowest BCUT2D eigenvalue weighted by Crippen LogP contribution is -2.48. The molecule has 0 radical (unpaired) electrons. The average Bonchev–Trinajstić information content (AvgIpc) is 3.14. The molecule has 0 aliphatic heterocycles. The van der Waals surface area contributed by atoms with Crippen molar-refractivity contribution in [2.45, 2.75) is 44.4 Å². The van der Waals surface area contributed by atoms with Gasteiger partial charge in [-0.1, -0.05) is 18.7 Å². The van der Waals surface area contributed by atoms with Crippen molar-refractivity contribution in [2.75, 3.05) is 12.3 Å². The molecule has 5 heteroatoms. The average molecular weight is 265 g/mol. The van der Waals surface area contributed by atoms with E-state index in [0.29, 0.717) is 16.9 Å². The molecule has 1 unspecified atom stereocenters. The molecule has 1 aliphatic carbocycles. The van der Waals surface area contributed by atoms with Crippen LogP contribution in [0.3, 0.4) is 0 Å². The lowest BCUT2D eigenvalue weighted by atomic mass is 9.98. The van der Waals surface area contributed by atoms with E-state index in [1.807, 2.05) is 20.8 Å². The van der Waals surface area contributed by atoms with E-state index in [0.717, 1.165) is 30.8 Å². The maximum Gasteiger partial charge on any atom is 0.256 e. The number of aryl methyl sites for hydroxylation is 2. The first-order valence-electron chi connectivity index (χ1n) is 6.34. The number of nitrogens with one attached hydrogen (secondary N) is 1. The van der Waals surface area contributed by atoms with Crippen molar-refractivity contribution >= 4 is 11.8 Å². The van der Waals surface area contributed by atoms with E-state index < -0.39 is 5.54 Å². The SMILES string of the molecule is CCNC(C#N)(CSc1nc(C)c(C)o1)C1CC1. The molecule has 1 atom stereocenters. The third-order valence-corrected chi connectivity index (χ3v) is 4.42. The van der Waals surface area contributed by atoms with Crippen LogP contribution in [0.15, 0.2) is 9.64 Å². The van der Waals surface area contributed by atoms with Gasteiger partial charge in [0.25, 0.3) is 5.22 Å².